The van der Waals surface area contributed by atoms with Crippen molar-refractivity contribution in [2.45, 2.75) is 13.0 Å². The van der Waals surface area contributed by atoms with Crippen molar-refractivity contribution in [2.24, 2.45) is 0 Å². The summed E-state index contributed by atoms with van der Waals surface area (Å²) in [5, 5.41) is 1.22. The number of rotatable bonds is 7. The molecule has 0 unspecified atom stereocenters. The van der Waals surface area contributed by atoms with Gasteiger partial charge in [-0.25, -0.2) is 9.97 Å². The number of benzene rings is 2. The molecule has 0 aliphatic rings. The van der Waals surface area contributed by atoms with Gasteiger partial charge >= 0.3 is 0 Å². The van der Waals surface area contributed by atoms with E-state index in [0.717, 1.165) is 23.2 Å². The van der Waals surface area contributed by atoms with Crippen LogP contribution in [0, 0.1) is 0 Å². The summed E-state index contributed by atoms with van der Waals surface area (Å²) >= 11 is 7.76. The van der Waals surface area contributed by atoms with Gasteiger partial charge in [0.05, 0.1) is 23.2 Å². The van der Waals surface area contributed by atoms with Crippen LogP contribution >= 0.6 is 35.3 Å². The van der Waals surface area contributed by atoms with E-state index in [4.69, 9.17) is 16.3 Å². The second kappa shape index (κ2) is 9.93. The lowest BCUT2D eigenvalue weighted by Gasteiger charge is -2.20. The largest absolute Gasteiger partial charge is 0.497 e. The van der Waals surface area contributed by atoms with Gasteiger partial charge in [-0.15, -0.1) is 12.4 Å². The Morgan fingerprint density at radius 2 is 2.03 bits per heavy atom. The van der Waals surface area contributed by atoms with Crippen LogP contribution in [-0.4, -0.2) is 34.1 Å². The fourth-order valence-electron chi connectivity index (χ4n) is 3.02. The summed E-state index contributed by atoms with van der Waals surface area (Å²) in [4.78, 5) is 23.7. The van der Waals surface area contributed by atoms with Gasteiger partial charge in [-0.2, -0.15) is 0 Å². The van der Waals surface area contributed by atoms with E-state index in [0.29, 0.717) is 28.0 Å². The highest BCUT2D eigenvalue weighted by atomic mass is 35.5. The van der Waals surface area contributed by atoms with Gasteiger partial charge in [-0.05, 0) is 42.8 Å². The minimum Gasteiger partial charge on any atom is -0.497 e. The topological polar surface area (TPSA) is 60.2 Å². The molecule has 0 fully saturated rings. The van der Waals surface area contributed by atoms with E-state index in [1.807, 2.05) is 29.0 Å². The van der Waals surface area contributed by atoms with Crippen molar-refractivity contribution >= 4 is 56.6 Å². The Kier molecular flexibility index (Phi) is 7.31. The van der Waals surface area contributed by atoms with Crippen LogP contribution in [0.2, 0.25) is 5.02 Å². The maximum Gasteiger partial charge on any atom is 0.260 e. The van der Waals surface area contributed by atoms with Crippen LogP contribution in [0.4, 0.5) is 5.13 Å². The van der Waals surface area contributed by atoms with Gasteiger partial charge in [0.2, 0.25) is 0 Å². The normalized spacial score (nSPS) is 10.6. The Morgan fingerprint density at radius 1 is 1.23 bits per heavy atom. The second-order valence-electron chi connectivity index (χ2n) is 6.42. The van der Waals surface area contributed by atoms with Crippen LogP contribution in [-0.2, 0) is 6.54 Å². The molecule has 0 atom stereocenters. The predicted molar refractivity (Wildman–Crippen MR) is 123 cm³/mol. The number of amides is 1. The molecule has 4 rings (SSSR count). The van der Waals surface area contributed by atoms with Crippen LogP contribution in [0.15, 0.2) is 61.2 Å². The molecule has 156 valence electrons. The van der Waals surface area contributed by atoms with Gasteiger partial charge in [0.1, 0.15) is 11.3 Å². The zero-order valence-electron chi connectivity index (χ0n) is 16.2. The van der Waals surface area contributed by atoms with Crippen molar-refractivity contribution in [1.29, 1.82) is 0 Å². The van der Waals surface area contributed by atoms with Gasteiger partial charge in [0.15, 0.2) is 5.13 Å². The molecule has 2 heterocycles. The second-order valence-corrected chi connectivity index (χ2v) is 7.84. The maximum absolute atomic E-state index is 13.3. The number of fused-ring (bicyclic) bond motifs is 1. The van der Waals surface area contributed by atoms with Gasteiger partial charge in [-0.3, -0.25) is 9.69 Å². The first kappa shape index (κ1) is 22.1. The molecule has 2 aromatic carbocycles. The molecule has 2 aromatic heterocycles. The number of hydrogen-bond acceptors (Lipinski definition) is 5. The summed E-state index contributed by atoms with van der Waals surface area (Å²) in [6.45, 7) is 1.29. The van der Waals surface area contributed by atoms with Crippen LogP contribution in [0.25, 0.3) is 10.2 Å². The molecule has 4 aromatic rings. The minimum atomic E-state index is -0.103. The lowest BCUT2D eigenvalue weighted by molar-refractivity contribution is 0.0986. The third kappa shape index (κ3) is 4.75. The molecule has 30 heavy (non-hydrogen) atoms. The summed E-state index contributed by atoms with van der Waals surface area (Å²) in [5.74, 6) is 0.605. The SMILES string of the molecule is COc1ccc(C(=O)N(CCCn2ccnc2)c2nc3c(Cl)cccc3s2)cc1.Cl. The number of carbonyl (C=O) groups excluding carboxylic acids is 1. The summed E-state index contributed by atoms with van der Waals surface area (Å²) in [6, 6.07) is 12.8. The molecule has 0 aliphatic heterocycles. The highest BCUT2D eigenvalue weighted by Crippen LogP contribution is 2.33. The molecule has 0 spiro atoms. The standard InChI is InChI=1S/C21H19ClN4O2S.ClH/c1-28-16-8-6-15(7-9-16)20(27)26(12-3-11-25-13-10-23-14-25)21-24-19-17(22)4-2-5-18(19)29-21;/h2,4-10,13-14H,3,11-12H2,1H3;1H. The van der Waals surface area contributed by atoms with Crippen LogP contribution in [0.3, 0.4) is 0 Å². The van der Waals surface area contributed by atoms with Crippen molar-refractivity contribution in [1.82, 2.24) is 14.5 Å². The van der Waals surface area contributed by atoms with E-state index in [9.17, 15) is 4.79 Å². The molecule has 6 nitrogen and oxygen atoms in total. The number of carbonyl (C=O) groups is 1. The summed E-state index contributed by atoms with van der Waals surface area (Å²) in [5.41, 5.74) is 1.30. The number of aryl methyl sites for hydroxylation is 1. The van der Waals surface area contributed by atoms with Gasteiger partial charge in [0, 0.05) is 31.0 Å². The van der Waals surface area contributed by atoms with Gasteiger partial charge in [-0.1, -0.05) is 29.0 Å². The van der Waals surface area contributed by atoms with Crippen LogP contribution in [0.5, 0.6) is 5.75 Å². The zero-order valence-corrected chi connectivity index (χ0v) is 18.6. The van der Waals surface area contributed by atoms with Crippen molar-refractivity contribution in [3.05, 3.63) is 71.8 Å². The van der Waals surface area contributed by atoms with Crippen LogP contribution < -0.4 is 9.64 Å². The Morgan fingerprint density at radius 3 is 2.70 bits per heavy atom. The lowest BCUT2D eigenvalue weighted by Crippen LogP contribution is -2.32. The third-order valence-electron chi connectivity index (χ3n) is 4.53. The molecule has 1 amide bonds. The number of hydrogen-bond donors (Lipinski definition) is 0. The molecule has 0 aliphatic carbocycles. The number of anilines is 1. The molecule has 0 saturated heterocycles. The quantitative estimate of drug-likeness (QED) is 0.373. The Hall–Kier alpha value is -2.61. The third-order valence-corrected chi connectivity index (χ3v) is 5.88. The van der Waals surface area contributed by atoms with Crippen LogP contribution in [0.1, 0.15) is 16.8 Å². The first-order valence-corrected chi connectivity index (χ1v) is 10.3. The number of halogens is 2. The van der Waals surface area contributed by atoms with E-state index in [2.05, 4.69) is 9.97 Å². The van der Waals surface area contributed by atoms with E-state index in [1.54, 1.807) is 48.8 Å². The van der Waals surface area contributed by atoms with E-state index in [1.165, 1.54) is 11.3 Å². The Bertz CT molecular complexity index is 1110. The van der Waals surface area contributed by atoms with E-state index >= 15 is 0 Å². The summed E-state index contributed by atoms with van der Waals surface area (Å²) < 4.78 is 8.14. The highest BCUT2D eigenvalue weighted by Gasteiger charge is 2.21. The van der Waals surface area contributed by atoms with Crippen molar-refractivity contribution in [3.63, 3.8) is 0 Å². The molecule has 0 saturated carbocycles. The van der Waals surface area contributed by atoms with Gasteiger partial charge in [0.25, 0.3) is 5.91 Å². The summed E-state index contributed by atoms with van der Waals surface area (Å²) in [6.07, 6.45) is 6.19. The molecule has 9 heteroatoms. The molecular weight excluding hydrogens is 443 g/mol. The predicted octanol–water partition coefficient (Wildman–Crippen LogP) is 5.31. The smallest absolute Gasteiger partial charge is 0.260 e. The average molecular weight is 463 g/mol. The van der Waals surface area contributed by atoms with E-state index < -0.39 is 0 Å². The van der Waals surface area contributed by atoms with Crippen molar-refractivity contribution in [2.75, 3.05) is 18.6 Å². The molecule has 0 N–H and O–H groups in total. The Labute approximate surface area is 189 Å². The van der Waals surface area contributed by atoms with Gasteiger partial charge < -0.3 is 9.30 Å². The molecular formula is C21H20Cl2N4O2S. The minimum absolute atomic E-state index is 0. The monoisotopic (exact) mass is 462 g/mol. The average Bonchev–Trinajstić information content (AvgIpc) is 3.41. The first-order valence-electron chi connectivity index (χ1n) is 9.12. The fourth-order valence-corrected chi connectivity index (χ4v) is 4.31. The molecule has 0 radical (unpaired) electrons. The maximum atomic E-state index is 13.3. The number of ether oxygens (including phenoxy) is 1. The first-order chi connectivity index (χ1) is 14.2. The lowest BCUT2D eigenvalue weighted by atomic mass is 10.2. The number of aromatic nitrogens is 3. The molecule has 0 bridgehead atoms. The zero-order chi connectivity index (χ0) is 20.2. The van der Waals surface area contributed by atoms with Crippen molar-refractivity contribution < 1.29 is 9.53 Å². The number of methoxy groups -OCH3 is 1. The fraction of sp³-hybridized carbons (Fsp3) is 0.190. The highest BCUT2D eigenvalue weighted by molar-refractivity contribution is 7.22. The Balaban J connectivity index is 0.00000256. The van der Waals surface area contributed by atoms with E-state index in [-0.39, 0.29) is 18.3 Å². The van der Waals surface area contributed by atoms with Crippen molar-refractivity contribution in [3.8, 4) is 5.75 Å². The number of imidazole rings is 1. The summed E-state index contributed by atoms with van der Waals surface area (Å²) in [7, 11) is 1.60. The number of para-hydroxylation sites is 1. The number of thiazole rings is 1. The number of nitrogens with zero attached hydrogens (tertiary/aromatic N) is 4.